The number of halogens is 2. The van der Waals surface area contributed by atoms with Gasteiger partial charge in [-0.2, -0.15) is 0 Å². The van der Waals surface area contributed by atoms with Crippen LogP contribution < -0.4 is 10.0 Å². The molecule has 0 aromatic heterocycles. The molecule has 0 atom stereocenters. The molecule has 30 heavy (non-hydrogen) atoms. The van der Waals surface area contributed by atoms with E-state index in [9.17, 15) is 4.57 Å². The van der Waals surface area contributed by atoms with Crippen molar-refractivity contribution in [3.05, 3.63) is 42.1 Å². The minimum Gasteiger partial charge on any atom is -0.494 e. The summed E-state index contributed by atoms with van der Waals surface area (Å²) in [5.41, 5.74) is 2.73. The SMILES string of the molecule is CCCCCCCCCCCCOc1ccc(P2(=O)C(I)=C3CCCC3=C2I)cc1. The zero-order valence-corrected chi connectivity index (χ0v) is 23.4. The predicted molar refractivity (Wildman–Crippen MR) is 147 cm³/mol. The highest BCUT2D eigenvalue weighted by Crippen LogP contribution is 2.73. The molecule has 1 heterocycles. The molecule has 0 spiro atoms. The average molecular weight is 652 g/mol. The average Bonchev–Trinajstić information content (AvgIpc) is 3.31. The van der Waals surface area contributed by atoms with E-state index in [4.69, 9.17) is 4.74 Å². The largest absolute Gasteiger partial charge is 0.494 e. The lowest BCUT2D eigenvalue weighted by Gasteiger charge is -2.16. The molecule has 166 valence electrons. The maximum atomic E-state index is 13.9. The Bertz CT molecular complexity index is 781. The van der Waals surface area contributed by atoms with Gasteiger partial charge in [-0.05, 0) is 106 Å². The van der Waals surface area contributed by atoms with Crippen LogP contribution in [0, 0.1) is 0 Å². The Kier molecular flexibility index (Phi) is 10.3. The van der Waals surface area contributed by atoms with Crippen molar-refractivity contribution in [1.29, 1.82) is 0 Å². The Labute approximate surface area is 210 Å². The first-order valence-corrected chi connectivity index (χ1v) is 15.6. The van der Waals surface area contributed by atoms with Crippen LogP contribution in [0.2, 0.25) is 0 Å². The van der Waals surface area contributed by atoms with E-state index in [2.05, 4.69) is 52.1 Å². The van der Waals surface area contributed by atoms with Crippen molar-refractivity contribution in [2.24, 2.45) is 0 Å². The monoisotopic (exact) mass is 652 g/mol. The van der Waals surface area contributed by atoms with E-state index in [1.165, 1.54) is 75.4 Å². The van der Waals surface area contributed by atoms with Gasteiger partial charge < -0.3 is 9.30 Å². The Hall–Kier alpha value is 0.190. The first-order chi connectivity index (χ1) is 14.6. The van der Waals surface area contributed by atoms with Gasteiger partial charge in [-0.15, -0.1) is 0 Å². The van der Waals surface area contributed by atoms with Crippen LogP contribution in [-0.2, 0) is 4.57 Å². The molecular formula is C25H35I2O2P. The lowest BCUT2D eigenvalue weighted by Crippen LogP contribution is -2.05. The van der Waals surface area contributed by atoms with Crippen LogP contribution in [0.25, 0.3) is 0 Å². The highest BCUT2D eigenvalue weighted by molar-refractivity contribution is 14.1. The van der Waals surface area contributed by atoms with E-state index in [1.807, 2.05) is 24.3 Å². The van der Waals surface area contributed by atoms with Gasteiger partial charge in [-0.1, -0.05) is 64.7 Å². The molecule has 2 aliphatic rings. The topological polar surface area (TPSA) is 26.3 Å². The fraction of sp³-hybridized carbons (Fsp3) is 0.600. The number of fused-ring (bicyclic) bond motifs is 1. The van der Waals surface area contributed by atoms with Crippen LogP contribution in [0.3, 0.4) is 0 Å². The standard InChI is InChI=1S/C25H35I2O2P/c1-2-3-4-5-6-7-8-9-10-11-19-29-20-15-17-21(18-16-20)30(28)24(26)22-13-12-14-23(22)25(30)27/h15-18H,2-14,19H2,1H3. The molecule has 1 aromatic carbocycles. The molecule has 0 radical (unpaired) electrons. The minimum atomic E-state index is -2.58. The molecule has 5 heteroatoms. The number of ether oxygens (including phenoxy) is 1. The van der Waals surface area contributed by atoms with E-state index in [0.717, 1.165) is 43.6 Å². The highest BCUT2D eigenvalue weighted by atomic mass is 127. The molecule has 3 rings (SSSR count). The van der Waals surface area contributed by atoms with Crippen molar-refractivity contribution >= 4 is 57.6 Å². The van der Waals surface area contributed by atoms with Crippen LogP contribution >= 0.6 is 52.3 Å². The van der Waals surface area contributed by atoms with Gasteiger partial charge in [0.15, 0.2) is 7.14 Å². The second-order valence-corrected chi connectivity index (χ2v) is 15.0. The smallest absolute Gasteiger partial charge is 0.183 e. The molecule has 0 saturated heterocycles. The lowest BCUT2D eigenvalue weighted by atomic mass is 10.1. The third-order valence-electron chi connectivity index (χ3n) is 6.24. The van der Waals surface area contributed by atoms with Gasteiger partial charge in [0.05, 0.1) is 13.2 Å². The summed E-state index contributed by atoms with van der Waals surface area (Å²) in [6.45, 7) is 3.05. The van der Waals surface area contributed by atoms with E-state index in [-0.39, 0.29) is 0 Å². The Morgan fingerprint density at radius 1 is 0.800 bits per heavy atom. The number of benzene rings is 1. The zero-order valence-electron chi connectivity index (χ0n) is 18.2. The third-order valence-corrected chi connectivity index (χ3v) is 14.3. The molecular weight excluding hydrogens is 617 g/mol. The van der Waals surface area contributed by atoms with Crippen LogP contribution in [0.4, 0.5) is 0 Å². The first kappa shape index (κ1) is 24.8. The summed E-state index contributed by atoms with van der Waals surface area (Å²) in [6.07, 6.45) is 16.7. The number of hydrogen-bond acceptors (Lipinski definition) is 2. The van der Waals surface area contributed by atoms with E-state index < -0.39 is 7.14 Å². The molecule has 0 unspecified atom stereocenters. The predicted octanol–water partition coefficient (Wildman–Crippen LogP) is 9.47. The normalized spacial score (nSPS) is 17.7. The molecule has 0 amide bonds. The van der Waals surface area contributed by atoms with Gasteiger partial charge in [-0.3, -0.25) is 0 Å². The summed E-state index contributed by atoms with van der Waals surface area (Å²) in [6, 6.07) is 8.05. The van der Waals surface area contributed by atoms with Crippen LogP contribution in [0.1, 0.15) is 90.4 Å². The summed E-state index contributed by atoms with van der Waals surface area (Å²) in [5.74, 6) is 0.894. The molecule has 1 aromatic rings. The summed E-state index contributed by atoms with van der Waals surface area (Å²) < 4.78 is 22.0. The van der Waals surface area contributed by atoms with Gasteiger partial charge in [-0.25, -0.2) is 0 Å². The maximum Gasteiger partial charge on any atom is 0.183 e. The Morgan fingerprint density at radius 2 is 1.30 bits per heavy atom. The fourth-order valence-electron chi connectivity index (χ4n) is 4.42. The Balaban J connectivity index is 1.38. The van der Waals surface area contributed by atoms with E-state index in [0.29, 0.717) is 0 Å². The summed E-state index contributed by atoms with van der Waals surface area (Å²) in [7, 11) is -2.58. The summed E-state index contributed by atoms with van der Waals surface area (Å²) >= 11 is 4.69. The van der Waals surface area contributed by atoms with Crippen molar-refractivity contribution < 1.29 is 9.30 Å². The molecule has 1 saturated carbocycles. The van der Waals surface area contributed by atoms with Gasteiger partial charge in [0.2, 0.25) is 0 Å². The van der Waals surface area contributed by atoms with Gasteiger partial charge >= 0.3 is 0 Å². The van der Waals surface area contributed by atoms with Crippen molar-refractivity contribution in [2.45, 2.75) is 90.4 Å². The minimum absolute atomic E-state index is 0.774. The number of allylic oxidation sites excluding steroid dienone is 2. The number of rotatable bonds is 13. The molecule has 1 aliphatic carbocycles. The number of unbranched alkanes of at least 4 members (excludes halogenated alkanes) is 9. The second-order valence-electron chi connectivity index (χ2n) is 8.53. The molecule has 1 aliphatic heterocycles. The number of hydrogen-bond donors (Lipinski definition) is 0. The summed E-state index contributed by atoms with van der Waals surface area (Å²) in [4.78, 5) is 0. The van der Waals surface area contributed by atoms with Crippen LogP contribution in [0.15, 0.2) is 42.1 Å². The molecule has 0 bridgehead atoms. The molecule has 2 nitrogen and oxygen atoms in total. The highest BCUT2D eigenvalue weighted by Gasteiger charge is 2.43. The molecule has 0 N–H and O–H groups in total. The molecule has 1 fully saturated rings. The maximum absolute atomic E-state index is 13.9. The quantitative estimate of drug-likeness (QED) is 0.121. The van der Waals surface area contributed by atoms with E-state index in [1.54, 1.807) is 0 Å². The summed E-state index contributed by atoms with van der Waals surface area (Å²) in [5, 5.41) is 0.956. The Morgan fingerprint density at radius 3 is 1.83 bits per heavy atom. The van der Waals surface area contributed by atoms with Crippen LogP contribution in [-0.4, -0.2) is 6.61 Å². The lowest BCUT2D eigenvalue weighted by molar-refractivity contribution is 0.304. The fourth-order valence-corrected chi connectivity index (χ4v) is 12.6. The first-order valence-electron chi connectivity index (χ1n) is 11.7. The zero-order chi connectivity index (χ0) is 21.4. The van der Waals surface area contributed by atoms with Crippen molar-refractivity contribution in [2.75, 3.05) is 6.61 Å². The second kappa shape index (κ2) is 12.4. The third kappa shape index (κ3) is 5.95. The van der Waals surface area contributed by atoms with Gasteiger partial charge in [0, 0.05) is 5.30 Å². The van der Waals surface area contributed by atoms with Crippen molar-refractivity contribution in [3.63, 3.8) is 0 Å². The van der Waals surface area contributed by atoms with E-state index >= 15 is 0 Å². The van der Waals surface area contributed by atoms with Gasteiger partial charge in [0.25, 0.3) is 0 Å². The van der Waals surface area contributed by atoms with Crippen LogP contribution in [0.5, 0.6) is 5.75 Å². The van der Waals surface area contributed by atoms with Crippen molar-refractivity contribution in [1.82, 2.24) is 0 Å². The van der Waals surface area contributed by atoms with Gasteiger partial charge in [0.1, 0.15) is 5.75 Å². The van der Waals surface area contributed by atoms with Crippen molar-refractivity contribution in [3.8, 4) is 5.75 Å².